The highest BCUT2D eigenvalue weighted by Gasteiger charge is 2.23. The van der Waals surface area contributed by atoms with Crippen LogP contribution in [0.3, 0.4) is 0 Å². The summed E-state index contributed by atoms with van der Waals surface area (Å²) in [5.41, 5.74) is -0.975. The van der Waals surface area contributed by atoms with Gasteiger partial charge in [-0.25, -0.2) is 0 Å². The monoisotopic (exact) mass is 262 g/mol. The highest BCUT2D eigenvalue weighted by atomic mass is 19.2. The number of pyridine rings is 1. The Morgan fingerprint density at radius 2 is 1.72 bits per heavy atom. The van der Waals surface area contributed by atoms with Crippen LogP contribution in [0.5, 0.6) is 0 Å². The minimum absolute atomic E-state index is 0.0754. The smallest absolute Gasteiger partial charge is 0.253 e. The third kappa shape index (κ3) is 2.08. The predicted octanol–water partition coefficient (Wildman–Crippen LogP) is 1.32. The fraction of sp³-hybridized carbons (Fsp3) is 0.250. The minimum Gasteiger partial charge on any atom is -0.370 e. The van der Waals surface area contributed by atoms with Crippen molar-refractivity contribution in [3.8, 4) is 0 Å². The molecule has 0 radical (unpaired) electrons. The second kappa shape index (κ2) is 4.55. The largest absolute Gasteiger partial charge is 0.370 e. The molecule has 1 atom stereocenters. The highest BCUT2D eigenvalue weighted by Crippen LogP contribution is 2.25. The van der Waals surface area contributed by atoms with E-state index in [0.717, 1.165) is 0 Å². The summed E-state index contributed by atoms with van der Waals surface area (Å²) in [6.45, 7) is 1.43. The molecule has 10 heteroatoms. The van der Waals surface area contributed by atoms with Crippen molar-refractivity contribution in [3.63, 3.8) is 0 Å². The molecule has 2 rings (SSSR count). The Balaban J connectivity index is 2.34. The van der Waals surface area contributed by atoms with Crippen molar-refractivity contribution in [1.29, 1.82) is 0 Å². The van der Waals surface area contributed by atoms with Crippen LogP contribution >= 0.6 is 0 Å². The highest BCUT2D eigenvalue weighted by molar-refractivity contribution is 5.46. The Morgan fingerprint density at radius 3 is 2.22 bits per heavy atom. The minimum atomic E-state index is -1.74. The van der Waals surface area contributed by atoms with Gasteiger partial charge in [-0.05, 0) is 6.92 Å². The van der Waals surface area contributed by atoms with Crippen molar-refractivity contribution in [3.05, 3.63) is 29.4 Å². The molecule has 2 N–H and O–H groups in total. The van der Waals surface area contributed by atoms with Gasteiger partial charge in [-0.1, -0.05) is 5.21 Å². The lowest BCUT2D eigenvalue weighted by molar-refractivity contribution is 0.409. The third-order valence-corrected chi connectivity index (χ3v) is 2.11. The molecule has 0 spiro atoms. The number of hydrogen-bond donors (Lipinski definition) is 2. The van der Waals surface area contributed by atoms with Gasteiger partial charge in [-0.3, -0.25) is 0 Å². The van der Waals surface area contributed by atoms with Gasteiger partial charge in [-0.2, -0.15) is 27.8 Å². The Bertz CT molecular complexity index is 531. The van der Waals surface area contributed by atoms with Crippen molar-refractivity contribution < 1.29 is 17.6 Å². The number of anilines is 1. The Hall–Kier alpha value is -2.26. The molecule has 0 aliphatic carbocycles. The summed E-state index contributed by atoms with van der Waals surface area (Å²) in [6, 6.07) is -0.811. The zero-order valence-electron chi connectivity index (χ0n) is 8.88. The fourth-order valence-electron chi connectivity index (χ4n) is 1.25. The predicted molar refractivity (Wildman–Crippen MR) is 50.3 cm³/mol. The van der Waals surface area contributed by atoms with Crippen LogP contribution in [0.1, 0.15) is 18.8 Å². The first-order chi connectivity index (χ1) is 8.50. The van der Waals surface area contributed by atoms with Crippen molar-refractivity contribution in [2.45, 2.75) is 13.0 Å². The van der Waals surface area contributed by atoms with E-state index in [0.29, 0.717) is 0 Å². The van der Waals surface area contributed by atoms with Crippen molar-refractivity contribution in [2.24, 2.45) is 0 Å². The first-order valence-electron chi connectivity index (χ1n) is 4.70. The second-order valence-electron chi connectivity index (χ2n) is 3.33. The van der Waals surface area contributed by atoms with Crippen molar-refractivity contribution in [1.82, 2.24) is 25.6 Å². The maximum absolute atomic E-state index is 13.3. The molecule has 2 heterocycles. The number of rotatable bonds is 3. The molecule has 0 aliphatic rings. The molecule has 0 aromatic carbocycles. The molecule has 6 nitrogen and oxygen atoms in total. The average Bonchev–Trinajstić information content (AvgIpc) is 2.85. The Labute approximate surface area is 97.4 Å². The molecule has 18 heavy (non-hydrogen) atoms. The number of halogens is 4. The van der Waals surface area contributed by atoms with Gasteiger partial charge in [0.2, 0.25) is 11.6 Å². The van der Waals surface area contributed by atoms with Crippen LogP contribution in [0.25, 0.3) is 0 Å². The van der Waals surface area contributed by atoms with E-state index in [-0.39, 0.29) is 5.82 Å². The maximum Gasteiger partial charge on any atom is 0.253 e. The van der Waals surface area contributed by atoms with Gasteiger partial charge in [0.15, 0.2) is 5.82 Å². The molecule has 96 valence electrons. The van der Waals surface area contributed by atoms with E-state index >= 15 is 0 Å². The molecule has 1 unspecified atom stereocenters. The fourth-order valence-corrected chi connectivity index (χ4v) is 1.25. The molecular weight excluding hydrogens is 256 g/mol. The maximum atomic E-state index is 13.3. The SMILES string of the molecule is CC(Nc1c(F)c(F)nc(F)c1F)c1nn[nH]n1. The van der Waals surface area contributed by atoms with Crippen LogP contribution in [-0.2, 0) is 0 Å². The second-order valence-corrected chi connectivity index (χ2v) is 3.33. The summed E-state index contributed by atoms with van der Waals surface area (Å²) >= 11 is 0. The van der Waals surface area contributed by atoms with Gasteiger partial charge in [0.25, 0.3) is 11.9 Å². The lowest BCUT2D eigenvalue weighted by atomic mass is 10.2. The Morgan fingerprint density at radius 1 is 1.11 bits per heavy atom. The topological polar surface area (TPSA) is 79.4 Å². The first-order valence-corrected chi connectivity index (χ1v) is 4.70. The quantitative estimate of drug-likeness (QED) is 0.644. The number of hydrogen-bond acceptors (Lipinski definition) is 5. The van der Waals surface area contributed by atoms with E-state index < -0.39 is 35.3 Å². The zero-order valence-corrected chi connectivity index (χ0v) is 8.88. The number of tetrazole rings is 1. The van der Waals surface area contributed by atoms with Gasteiger partial charge < -0.3 is 5.32 Å². The summed E-state index contributed by atoms with van der Waals surface area (Å²) in [4.78, 5) is 2.43. The molecule has 2 aromatic rings. The summed E-state index contributed by atoms with van der Waals surface area (Å²) in [5, 5.41) is 14.7. The summed E-state index contributed by atoms with van der Waals surface area (Å²) in [7, 11) is 0. The Kier molecular flexibility index (Phi) is 3.08. The zero-order chi connectivity index (χ0) is 13.3. The molecule has 2 aromatic heterocycles. The van der Waals surface area contributed by atoms with Crippen molar-refractivity contribution in [2.75, 3.05) is 5.32 Å². The lowest BCUT2D eigenvalue weighted by Crippen LogP contribution is -2.14. The van der Waals surface area contributed by atoms with Crippen LogP contribution in [0.4, 0.5) is 23.2 Å². The summed E-state index contributed by atoms with van der Waals surface area (Å²) in [5.74, 6) is -6.65. The number of nitrogens with one attached hydrogen (secondary N) is 2. The van der Waals surface area contributed by atoms with Gasteiger partial charge in [-0.15, -0.1) is 10.2 Å². The van der Waals surface area contributed by atoms with Gasteiger partial charge in [0, 0.05) is 0 Å². The molecule has 0 saturated carbocycles. The normalized spacial score (nSPS) is 12.5. The molecule has 0 amide bonds. The van der Waals surface area contributed by atoms with E-state index in [1.165, 1.54) is 6.92 Å². The van der Waals surface area contributed by atoms with E-state index in [1.807, 2.05) is 0 Å². The van der Waals surface area contributed by atoms with E-state index in [9.17, 15) is 17.6 Å². The van der Waals surface area contributed by atoms with Crippen LogP contribution < -0.4 is 5.32 Å². The number of aromatic nitrogens is 5. The van der Waals surface area contributed by atoms with Crippen LogP contribution in [0.15, 0.2) is 0 Å². The van der Waals surface area contributed by atoms with Gasteiger partial charge in [0.05, 0.1) is 6.04 Å². The number of aromatic amines is 1. The van der Waals surface area contributed by atoms with Gasteiger partial charge >= 0.3 is 0 Å². The molecular formula is C8H6F4N6. The standard InChI is InChI=1S/C8H6F4N6/c1-2(8-15-17-18-16-8)13-5-3(9)6(11)14-7(12)4(5)10/h2H,1H3,(H,13,14)(H,15,16,17,18). The van der Waals surface area contributed by atoms with Crippen LogP contribution in [0.2, 0.25) is 0 Å². The summed E-state index contributed by atoms with van der Waals surface area (Å²) in [6.07, 6.45) is 0. The molecule has 0 aliphatic heterocycles. The van der Waals surface area contributed by atoms with E-state index in [4.69, 9.17) is 0 Å². The first kappa shape index (κ1) is 12.2. The van der Waals surface area contributed by atoms with Crippen LogP contribution in [0, 0.1) is 23.5 Å². The molecule has 0 bridgehead atoms. The van der Waals surface area contributed by atoms with E-state index in [1.54, 1.807) is 0 Å². The average molecular weight is 262 g/mol. The molecule has 0 saturated heterocycles. The molecule has 0 fully saturated rings. The van der Waals surface area contributed by atoms with E-state index in [2.05, 4.69) is 30.9 Å². The van der Waals surface area contributed by atoms with Crippen molar-refractivity contribution >= 4 is 5.69 Å². The van der Waals surface area contributed by atoms with Gasteiger partial charge in [0.1, 0.15) is 5.69 Å². The lowest BCUT2D eigenvalue weighted by Gasteiger charge is -2.13. The van der Waals surface area contributed by atoms with Crippen LogP contribution in [-0.4, -0.2) is 25.6 Å². The third-order valence-electron chi connectivity index (χ3n) is 2.11. The summed E-state index contributed by atoms with van der Waals surface area (Å²) < 4.78 is 52.2. The number of H-pyrrole nitrogens is 1. The number of nitrogens with zero attached hydrogens (tertiary/aromatic N) is 4.